The van der Waals surface area contributed by atoms with E-state index < -0.39 is 76.1 Å². The Kier molecular flexibility index (Phi) is 16.3. The van der Waals surface area contributed by atoms with Crippen LogP contribution in [0.5, 0.6) is 5.75 Å². The molecule has 2 aromatic carbocycles. The number of carbonyl (C=O) groups excluding carboxylic acids is 4. The molecule has 1 unspecified atom stereocenters. The van der Waals surface area contributed by atoms with Crippen LogP contribution < -0.4 is 15.4 Å². The van der Waals surface area contributed by atoms with Gasteiger partial charge in [0, 0.05) is 38.0 Å². The van der Waals surface area contributed by atoms with Crippen LogP contribution in [0.25, 0.3) is 10.4 Å². The van der Waals surface area contributed by atoms with Crippen LogP contribution in [-0.4, -0.2) is 127 Å². The van der Waals surface area contributed by atoms with Crippen molar-refractivity contribution >= 4 is 35.0 Å². The Balaban J connectivity index is 0.984. The largest absolute Gasteiger partial charge is 0.480 e. The normalized spacial score (nSPS) is 19.2. The Morgan fingerprint density at radius 3 is 2.32 bits per heavy atom. The van der Waals surface area contributed by atoms with Gasteiger partial charge in [0.05, 0.1) is 72.4 Å². The fourth-order valence-electron chi connectivity index (χ4n) is 7.38. The summed E-state index contributed by atoms with van der Waals surface area (Å²) in [5.74, 6) is -1.99. The van der Waals surface area contributed by atoms with Crippen LogP contribution in [0.1, 0.15) is 63.4 Å². The summed E-state index contributed by atoms with van der Waals surface area (Å²) in [5.41, 5.74) is 1.49. The van der Waals surface area contributed by atoms with E-state index in [2.05, 4.69) is 15.6 Å². The molecule has 1 aromatic heterocycles. The molecular formula is C44H55F3N6O9S. The van der Waals surface area contributed by atoms with Gasteiger partial charge in [-0.2, -0.15) is 18.4 Å². The number of amides is 4. The molecule has 0 saturated carbocycles. The average Bonchev–Trinajstić information content (AvgIpc) is 3.90. The second-order valence-corrected chi connectivity index (χ2v) is 18.1. The van der Waals surface area contributed by atoms with Crippen LogP contribution in [-0.2, 0) is 46.1 Å². The van der Waals surface area contributed by atoms with E-state index in [1.165, 1.54) is 21.9 Å². The van der Waals surface area contributed by atoms with Crippen molar-refractivity contribution in [1.29, 1.82) is 5.26 Å². The molecule has 4 amide bonds. The number of aryl methyl sites for hydroxylation is 1. The summed E-state index contributed by atoms with van der Waals surface area (Å²) in [5, 5.41) is 25.2. The van der Waals surface area contributed by atoms with Crippen LogP contribution in [0.3, 0.4) is 0 Å². The quantitative estimate of drug-likeness (QED) is 0.144. The molecule has 0 bridgehead atoms. The summed E-state index contributed by atoms with van der Waals surface area (Å²) in [6, 6.07) is 10.3. The number of nitrogens with zero attached hydrogens (tertiary/aromatic N) is 4. The molecule has 0 spiro atoms. The van der Waals surface area contributed by atoms with Crippen molar-refractivity contribution in [1.82, 2.24) is 25.4 Å². The Morgan fingerprint density at radius 1 is 1.03 bits per heavy atom. The van der Waals surface area contributed by atoms with E-state index in [9.17, 15) is 37.5 Å². The van der Waals surface area contributed by atoms with Gasteiger partial charge in [0.15, 0.2) is 6.10 Å². The number of hydrogen-bond donors (Lipinski definition) is 3. The first-order chi connectivity index (χ1) is 29.7. The van der Waals surface area contributed by atoms with Gasteiger partial charge in [-0.25, -0.2) is 4.98 Å². The highest BCUT2D eigenvalue weighted by Crippen LogP contribution is 2.38. The van der Waals surface area contributed by atoms with E-state index >= 15 is 0 Å². The molecule has 4 atom stereocenters. The van der Waals surface area contributed by atoms with E-state index in [0.29, 0.717) is 6.54 Å². The van der Waals surface area contributed by atoms with Crippen molar-refractivity contribution in [2.45, 2.75) is 85.0 Å². The predicted molar refractivity (Wildman–Crippen MR) is 225 cm³/mol. The summed E-state index contributed by atoms with van der Waals surface area (Å²) in [6.07, 6.45) is -6.64. The molecule has 2 saturated heterocycles. The third kappa shape index (κ3) is 13.0. The topological polar surface area (TPSA) is 193 Å². The number of nitrogens with one attached hydrogen (secondary N) is 2. The van der Waals surface area contributed by atoms with Crippen molar-refractivity contribution in [2.75, 3.05) is 59.3 Å². The van der Waals surface area contributed by atoms with Gasteiger partial charge in [-0.15, -0.1) is 11.3 Å². The third-order valence-corrected chi connectivity index (χ3v) is 11.7. The summed E-state index contributed by atoms with van der Waals surface area (Å²) < 4.78 is 62.7. The number of thiazole rings is 1. The van der Waals surface area contributed by atoms with Gasteiger partial charge in [-0.1, -0.05) is 58.9 Å². The van der Waals surface area contributed by atoms with Crippen molar-refractivity contribution in [3.05, 3.63) is 70.4 Å². The first kappa shape index (κ1) is 48.9. The zero-order valence-corrected chi connectivity index (χ0v) is 37.1. The van der Waals surface area contributed by atoms with Crippen molar-refractivity contribution in [3.63, 3.8) is 0 Å². The minimum absolute atomic E-state index is 0.0531. The number of β-amino-alcohol motifs (C(OH)–C–C–N with tert-alkyl or cyclic N) is 1. The number of rotatable bonds is 19. The molecule has 2 fully saturated rings. The predicted octanol–water partition coefficient (Wildman–Crippen LogP) is 4.48. The summed E-state index contributed by atoms with van der Waals surface area (Å²) in [6.45, 7) is 12.0. The monoisotopic (exact) mass is 900 g/mol. The Hall–Kier alpha value is -5.13. The second kappa shape index (κ2) is 21.0. The second-order valence-electron chi connectivity index (χ2n) is 17.3. The lowest BCUT2D eigenvalue weighted by molar-refractivity contribution is -0.144. The first-order valence-corrected chi connectivity index (χ1v) is 21.4. The highest BCUT2D eigenvalue weighted by atomic mass is 32.1. The molecule has 342 valence electrons. The number of aliphatic hydroxyl groups excluding tert-OH is 1. The molecule has 3 heterocycles. The van der Waals surface area contributed by atoms with E-state index in [-0.39, 0.29) is 71.4 Å². The lowest BCUT2D eigenvalue weighted by Gasteiger charge is -2.35. The van der Waals surface area contributed by atoms with E-state index in [1.807, 2.05) is 31.2 Å². The van der Waals surface area contributed by atoms with Gasteiger partial charge in [0.2, 0.25) is 17.7 Å². The number of carbonyl (C=O) groups is 4. The van der Waals surface area contributed by atoms with Crippen LogP contribution in [0.15, 0.2) is 48.0 Å². The highest BCUT2D eigenvalue weighted by molar-refractivity contribution is 7.13. The smallest absolute Gasteiger partial charge is 0.417 e. The van der Waals surface area contributed by atoms with Gasteiger partial charge in [-0.3, -0.25) is 19.2 Å². The van der Waals surface area contributed by atoms with Gasteiger partial charge < -0.3 is 44.5 Å². The number of aliphatic hydroxyl groups is 1. The average molecular weight is 901 g/mol. The Labute approximate surface area is 368 Å². The van der Waals surface area contributed by atoms with Crippen LogP contribution in [0.2, 0.25) is 0 Å². The van der Waals surface area contributed by atoms with Crippen molar-refractivity contribution in [2.24, 2.45) is 10.8 Å². The van der Waals surface area contributed by atoms with E-state index in [4.69, 9.17) is 24.2 Å². The molecule has 2 aliphatic heterocycles. The molecule has 63 heavy (non-hydrogen) atoms. The molecule has 0 radical (unpaired) electrons. The van der Waals surface area contributed by atoms with Gasteiger partial charge in [0.1, 0.15) is 24.4 Å². The van der Waals surface area contributed by atoms with Crippen molar-refractivity contribution < 1.29 is 56.4 Å². The van der Waals surface area contributed by atoms with Crippen LogP contribution >= 0.6 is 11.3 Å². The number of alkyl halides is 3. The van der Waals surface area contributed by atoms with Gasteiger partial charge in [0.25, 0.3) is 5.91 Å². The molecule has 3 aromatic rings. The summed E-state index contributed by atoms with van der Waals surface area (Å²) >= 11 is 1.55. The number of nitriles is 1. The Morgan fingerprint density at radius 2 is 1.70 bits per heavy atom. The fourth-order valence-corrected chi connectivity index (χ4v) is 8.19. The molecular weight excluding hydrogens is 846 g/mol. The zero-order chi connectivity index (χ0) is 46.1. The maximum Gasteiger partial charge on any atom is 0.417 e. The minimum Gasteiger partial charge on any atom is -0.480 e. The standard InChI is InChI=1S/C44H55F3N6O9S/c1-27-36(63-26-50-27)29-9-7-28(8-10-29)22-49-39(56)34-19-31(54)23-53(34)40(57)37(42(2,3)4)51-35(55)24-61-18-17-60-16-15-59-14-13-52-25-43(5,6)38(41(52)58)62-32-12-11-30(21-48)33(20-32)44(45,46)47/h7-12,20,26,31,34,37-38,54H,13-19,22-25H2,1-6H3,(H,49,56)(H,51,55)/t31-,34+,37-,38?/m1/s1. The van der Waals surface area contributed by atoms with Crippen LogP contribution in [0.4, 0.5) is 13.2 Å². The van der Waals surface area contributed by atoms with E-state index in [1.54, 1.807) is 51.5 Å². The lowest BCUT2D eigenvalue weighted by Crippen LogP contribution is -2.58. The maximum atomic E-state index is 13.9. The minimum atomic E-state index is -4.76. The van der Waals surface area contributed by atoms with Crippen LogP contribution in [0, 0.1) is 29.1 Å². The van der Waals surface area contributed by atoms with Gasteiger partial charge in [-0.05, 0) is 41.7 Å². The first-order valence-electron chi connectivity index (χ1n) is 20.5. The Bertz CT molecular complexity index is 2120. The number of ether oxygens (including phenoxy) is 4. The number of benzene rings is 2. The van der Waals surface area contributed by atoms with Gasteiger partial charge >= 0.3 is 6.18 Å². The molecule has 0 aliphatic carbocycles. The highest BCUT2D eigenvalue weighted by Gasteiger charge is 2.48. The summed E-state index contributed by atoms with van der Waals surface area (Å²) in [7, 11) is 0. The van der Waals surface area contributed by atoms with Crippen molar-refractivity contribution in [3.8, 4) is 22.3 Å². The molecule has 19 heteroatoms. The van der Waals surface area contributed by atoms with E-state index in [0.717, 1.165) is 33.8 Å². The SMILES string of the molecule is Cc1ncsc1-c1ccc(CNC(=O)[C@@H]2C[C@@H](O)CN2C(=O)[C@@H](NC(=O)COCCOCCOCCN2CC(C)(C)C(Oc3ccc(C#N)c(C(F)(F)F)c3)C2=O)C(C)(C)C)cc1. The maximum absolute atomic E-state index is 13.9. The summed E-state index contributed by atoms with van der Waals surface area (Å²) in [4.78, 5) is 61.6. The zero-order valence-electron chi connectivity index (χ0n) is 36.3. The molecule has 15 nitrogen and oxygen atoms in total. The fraction of sp³-hybridized carbons (Fsp3) is 0.545. The number of likely N-dealkylation sites (tertiary alicyclic amines) is 2. The third-order valence-electron chi connectivity index (χ3n) is 10.7. The number of aromatic nitrogens is 1. The molecule has 3 N–H and O–H groups in total. The molecule has 2 aliphatic rings. The molecule has 5 rings (SSSR count). The number of halogens is 3. The lowest BCUT2D eigenvalue weighted by atomic mass is 9.85. The number of hydrogen-bond acceptors (Lipinski definition) is 12.